The highest BCUT2D eigenvalue weighted by Gasteiger charge is 2.46. The second-order valence-corrected chi connectivity index (χ2v) is 6.96. The summed E-state index contributed by atoms with van der Waals surface area (Å²) in [5.74, 6) is -0.0776. The van der Waals surface area contributed by atoms with Gasteiger partial charge >= 0.3 is 5.97 Å². The van der Waals surface area contributed by atoms with Gasteiger partial charge in [-0.2, -0.15) is 0 Å². The number of carboxylic acid groups (broad SMARTS) is 1. The van der Waals surface area contributed by atoms with E-state index in [2.05, 4.69) is 12.2 Å². The first-order valence-electron chi connectivity index (χ1n) is 9.10. The minimum atomic E-state index is -0.904. The van der Waals surface area contributed by atoms with Crippen LogP contribution in [0.5, 0.6) is 0 Å². The first-order chi connectivity index (χ1) is 12.1. The summed E-state index contributed by atoms with van der Waals surface area (Å²) in [6, 6.07) is 6.90. The van der Waals surface area contributed by atoms with Crippen molar-refractivity contribution in [3.05, 3.63) is 53.6 Å². The zero-order valence-electron chi connectivity index (χ0n) is 14.5. The minimum absolute atomic E-state index is 0.290. The van der Waals surface area contributed by atoms with Crippen molar-refractivity contribution < 1.29 is 19.7 Å². The van der Waals surface area contributed by atoms with Crippen molar-refractivity contribution in [2.75, 3.05) is 0 Å². The fourth-order valence-corrected chi connectivity index (χ4v) is 3.88. The SMILES string of the molecule is CCC(O)C=C[C@H]1[C@@H](C/C=C/c2ccc(C(=O)O)cc2)[C@H]2CC[C@@H]1O2. The van der Waals surface area contributed by atoms with Crippen LogP contribution in [0.25, 0.3) is 6.08 Å². The second kappa shape index (κ2) is 7.98. The number of ether oxygens (including phenoxy) is 1. The third-order valence-electron chi connectivity index (χ3n) is 5.34. The number of aliphatic hydroxyl groups excluding tert-OH is 1. The van der Waals surface area contributed by atoms with E-state index in [9.17, 15) is 9.90 Å². The molecule has 1 unspecified atom stereocenters. The van der Waals surface area contributed by atoms with Crippen LogP contribution in [0.1, 0.15) is 48.5 Å². The molecule has 2 aliphatic heterocycles. The highest BCUT2D eigenvalue weighted by atomic mass is 16.5. The molecule has 5 atom stereocenters. The zero-order valence-corrected chi connectivity index (χ0v) is 14.5. The average Bonchev–Trinajstić information content (AvgIpc) is 3.22. The molecule has 0 aliphatic carbocycles. The molecule has 0 aromatic heterocycles. The molecule has 4 nitrogen and oxygen atoms in total. The molecule has 2 heterocycles. The lowest BCUT2D eigenvalue weighted by Crippen LogP contribution is -2.25. The molecule has 3 rings (SSSR count). The van der Waals surface area contributed by atoms with Gasteiger partial charge in [0.2, 0.25) is 0 Å². The van der Waals surface area contributed by atoms with Gasteiger partial charge in [-0.15, -0.1) is 0 Å². The first kappa shape index (κ1) is 17.9. The Morgan fingerprint density at radius 3 is 2.68 bits per heavy atom. The molecule has 0 spiro atoms. The molecule has 134 valence electrons. The Labute approximate surface area is 148 Å². The van der Waals surface area contributed by atoms with E-state index in [1.807, 2.05) is 31.2 Å². The van der Waals surface area contributed by atoms with E-state index in [0.717, 1.165) is 31.2 Å². The van der Waals surface area contributed by atoms with Crippen LogP contribution in [0, 0.1) is 11.8 Å². The number of rotatable bonds is 7. The molecule has 0 saturated carbocycles. The lowest BCUT2D eigenvalue weighted by atomic mass is 9.77. The summed E-state index contributed by atoms with van der Waals surface area (Å²) in [4.78, 5) is 10.9. The average molecular weight is 342 g/mol. The molecule has 1 aromatic rings. The van der Waals surface area contributed by atoms with E-state index in [-0.39, 0.29) is 6.10 Å². The summed E-state index contributed by atoms with van der Waals surface area (Å²) in [6.07, 6.45) is 12.4. The lowest BCUT2D eigenvalue weighted by molar-refractivity contribution is 0.0697. The molecular weight excluding hydrogens is 316 g/mol. The maximum Gasteiger partial charge on any atom is 0.335 e. The summed E-state index contributed by atoms with van der Waals surface area (Å²) in [5, 5.41) is 18.7. The number of benzene rings is 1. The van der Waals surface area contributed by atoms with Gasteiger partial charge in [0.15, 0.2) is 0 Å². The third kappa shape index (κ3) is 4.20. The summed E-state index contributed by atoms with van der Waals surface area (Å²) in [6.45, 7) is 1.97. The molecule has 0 amide bonds. The maximum atomic E-state index is 10.9. The predicted molar refractivity (Wildman–Crippen MR) is 97.4 cm³/mol. The van der Waals surface area contributed by atoms with E-state index in [1.54, 1.807) is 12.1 Å². The van der Waals surface area contributed by atoms with Crippen LogP contribution in [0.2, 0.25) is 0 Å². The summed E-state index contributed by atoms with van der Waals surface area (Å²) in [5.41, 5.74) is 1.31. The molecule has 2 N–H and O–H groups in total. The third-order valence-corrected chi connectivity index (χ3v) is 5.34. The molecule has 2 fully saturated rings. The molecule has 2 saturated heterocycles. The van der Waals surface area contributed by atoms with Crippen molar-refractivity contribution in [3.63, 3.8) is 0 Å². The second-order valence-electron chi connectivity index (χ2n) is 6.96. The van der Waals surface area contributed by atoms with Crippen LogP contribution in [-0.2, 0) is 4.74 Å². The van der Waals surface area contributed by atoms with Gasteiger partial charge < -0.3 is 14.9 Å². The van der Waals surface area contributed by atoms with Crippen LogP contribution in [0.3, 0.4) is 0 Å². The molecule has 2 bridgehead atoms. The van der Waals surface area contributed by atoms with Crippen LogP contribution in [-0.4, -0.2) is 34.5 Å². The zero-order chi connectivity index (χ0) is 17.8. The van der Waals surface area contributed by atoms with Crippen molar-refractivity contribution in [1.29, 1.82) is 0 Å². The number of allylic oxidation sites excluding steroid dienone is 1. The Bertz CT molecular complexity index is 646. The standard InChI is InChI=1S/C21H26O4/c1-2-16(22)10-11-18-17(19-12-13-20(18)25-19)5-3-4-14-6-8-15(9-7-14)21(23)24/h3-4,6-11,16-20,22H,2,5,12-13H2,1H3,(H,23,24)/b4-3+,11-10?/t16?,17-,18+,19-,20+/m1/s1. The fourth-order valence-electron chi connectivity index (χ4n) is 3.88. The molecule has 25 heavy (non-hydrogen) atoms. The van der Waals surface area contributed by atoms with Crippen molar-refractivity contribution in [1.82, 2.24) is 0 Å². The number of carboxylic acids is 1. The van der Waals surface area contributed by atoms with Crippen molar-refractivity contribution in [2.24, 2.45) is 11.8 Å². The molecular formula is C21H26O4. The maximum absolute atomic E-state index is 10.9. The molecule has 4 heteroatoms. The van der Waals surface area contributed by atoms with E-state index < -0.39 is 5.97 Å². The van der Waals surface area contributed by atoms with E-state index in [1.165, 1.54) is 0 Å². The Morgan fingerprint density at radius 1 is 1.28 bits per heavy atom. The number of aromatic carboxylic acids is 1. The Hall–Kier alpha value is -1.91. The topological polar surface area (TPSA) is 66.8 Å². The first-order valence-corrected chi connectivity index (χ1v) is 9.10. The van der Waals surface area contributed by atoms with Gasteiger partial charge in [-0.05, 0) is 49.3 Å². The summed E-state index contributed by atoms with van der Waals surface area (Å²) >= 11 is 0. The monoisotopic (exact) mass is 342 g/mol. The quantitative estimate of drug-likeness (QED) is 0.737. The number of hydrogen-bond donors (Lipinski definition) is 2. The van der Waals surface area contributed by atoms with Crippen molar-refractivity contribution in [2.45, 2.75) is 50.9 Å². The van der Waals surface area contributed by atoms with Crippen LogP contribution in [0.4, 0.5) is 0 Å². The van der Waals surface area contributed by atoms with Crippen LogP contribution >= 0.6 is 0 Å². The van der Waals surface area contributed by atoms with Crippen LogP contribution < -0.4 is 0 Å². The van der Waals surface area contributed by atoms with Gasteiger partial charge in [0.05, 0.1) is 23.9 Å². The van der Waals surface area contributed by atoms with E-state index >= 15 is 0 Å². The van der Waals surface area contributed by atoms with Crippen molar-refractivity contribution >= 4 is 12.0 Å². The lowest BCUT2D eigenvalue weighted by Gasteiger charge is -2.24. The number of hydrogen-bond acceptors (Lipinski definition) is 3. The smallest absolute Gasteiger partial charge is 0.335 e. The summed E-state index contributed by atoms with van der Waals surface area (Å²) < 4.78 is 6.08. The normalized spacial score (nSPS) is 29.7. The number of fused-ring (bicyclic) bond motifs is 2. The van der Waals surface area contributed by atoms with Gasteiger partial charge in [0.25, 0.3) is 0 Å². The molecule has 0 radical (unpaired) electrons. The highest BCUT2D eigenvalue weighted by Crippen LogP contribution is 2.45. The fraction of sp³-hybridized carbons (Fsp3) is 0.476. The van der Waals surface area contributed by atoms with E-state index in [4.69, 9.17) is 9.84 Å². The van der Waals surface area contributed by atoms with Gasteiger partial charge in [-0.25, -0.2) is 4.79 Å². The molecule has 2 aliphatic rings. The van der Waals surface area contributed by atoms with Gasteiger partial charge in [-0.1, -0.05) is 43.4 Å². The van der Waals surface area contributed by atoms with E-state index in [0.29, 0.717) is 29.6 Å². The molecule has 1 aromatic carbocycles. The Morgan fingerprint density at radius 2 is 2.00 bits per heavy atom. The highest BCUT2D eigenvalue weighted by molar-refractivity contribution is 5.87. The minimum Gasteiger partial charge on any atom is -0.478 e. The van der Waals surface area contributed by atoms with Crippen LogP contribution in [0.15, 0.2) is 42.5 Å². The Kier molecular flexibility index (Phi) is 5.71. The number of carbonyl (C=O) groups is 1. The largest absolute Gasteiger partial charge is 0.478 e. The predicted octanol–water partition coefficient (Wildman–Crippen LogP) is 3.91. The van der Waals surface area contributed by atoms with Gasteiger partial charge in [0, 0.05) is 5.92 Å². The summed E-state index contributed by atoms with van der Waals surface area (Å²) in [7, 11) is 0. The van der Waals surface area contributed by atoms with Gasteiger partial charge in [-0.3, -0.25) is 0 Å². The van der Waals surface area contributed by atoms with Crippen molar-refractivity contribution in [3.8, 4) is 0 Å². The number of aliphatic hydroxyl groups is 1. The van der Waals surface area contributed by atoms with Gasteiger partial charge in [0.1, 0.15) is 0 Å². The Balaban J connectivity index is 1.62.